The van der Waals surface area contributed by atoms with Crippen LogP contribution in [0.25, 0.3) is 0 Å². The average molecular weight is 508 g/mol. The maximum atomic E-state index is 13.6. The van der Waals surface area contributed by atoms with Gasteiger partial charge in [-0.2, -0.15) is 0 Å². The number of likely N-dealkylation sites (tertiary alicyclic amines) is 1. The Balaban J connectivity index is 1.50. The molecule has 3 aromatic rings. The fraction of sp³-hybridized carbons (Fsp3) is 0.321. The third-order valence-corrected chi connectivity index (χ3v) is 8.11. The number of carbonyl (C=O) groups excluding carboxylic acids is 1. The fourth-order valence-corrected chi connectivity index (χ4v) is 5.75. The molecule has 0 radical (unpaired) electrons. The van der Waals surface area contributed by atoms with Crippen molar-refractivity contribution in [3.8, 4) is 5.75 Å². The van der Waals surface area contributed by atoms with Crippen LogP contribution in [0, 0.1) is 6.92 Å². The molecule has 1 aliphatic rings. The zero-order chi connectivity index (χ0) is 25.5. The van der Waals surface area contributed by atoms with Gasteiger partial charge in [-0.3, -0.25) is 14.0 Å². The summed E-state index contributed by atoms with van der Waals surface area (Å²) in [5.74, 6) is 0.116. The lowest BCUT2D eigenvalue weighted by atomic mass is 10.1. The van der Waals surface area contributed by atoms with Gasteiger partial charge in [-0.1, -0.05) is 48.0 Å². The number of aryl methyl sites for hydroxylation is 1. The molecule has 1 N–H and O–H groups in total. The predicted octanol–water partition coefficient (Wildman–Crippen LogP) is 4.11. The third kappa shape index (κ3) is 6.44. The van der Waals surface area contributed by atoms with Crippen molar-refractivity contribution in [3.63, 3.8) is 0 Å². The normalized spacial score (nSPS) is 13.9. The van der Waals surface area contributed by atoms with Gasteiger partial charge in [0.25, 0.3) is 10.0 Å². The molecule has 190 valence electrons. The van der Waals surface area contributed by atoms with Gasteiger partial charge in [0.2, 0.25) is 5.91 Å². The second-order valence-electron chi connectivity index (χ2n) is 9.11. The molecule has 7 nitrogen and oxygen atoms in total. The summed E-state index contributed by atoms with van der Waals surface area (Å²) in [7, 11) is -2.47. The van der Waals surface area contributed by atoms with Crippen LogP contribution in [0.15, 0.2) is 77.7 Å². The molecule has 0 aliphatic carbocycles. The first kappa shape index (κ1) is 25.7. The smallest absolute Gasteiger partial charge is 0.264 e. The summed E-state index contributed by atoms with van der Waals surface area (Å²) in [4.78, 5) is 15.5. The van der Waals surface area contributed by atoms with E-state index < -0.39 is 15.9 Å². The molecule has 36 heavy (non-hydrogen) atoms. The van der Waals surface area contributed by atoms with Gasteiger partial charge in [0.1, 0.15) is 12.3 Å². The van der Waals surface area contributed by atoms with E-state index in [2.05, 4.69) is 22.3 Å². The lowest BCUT2D eigenvalue weighted by Crippen LogP contribution is -2.40. The molecule has 3 aromatic carbocycles. The summed E-state index contributed by atoms with van der Waals surface area (Å²) in [6, 6.07) is 21.5. The molecule has 8 heteroatoms. The molecule has 0 atom stereocenters. The van der Waals surface area contributed by atoms with Crippen molar-refractivity contribution in [3.05, 3.63) is 89.5 Å². The summed E-state index contributed by atoms with van der Waals surface area (Å²) in [5, 5.41) is 2.89. The first-order valence-electron chi connectivity index (χ1n) is 12.2. The Morgan fingerprint density at radius 1 is 0.972 bits per heavy atom. The van der Waals surface area contributed by atoms with E-state index in [0.29, 0.717) is 18.0 Å². The first-order valence-corrected chi connectivity index (χ1v) is 13.6. The minimum atomic E-state index is -3.98. The van der Waals surface area contributed by atoms with Crippen molar-refractivity contribution in [1.29, 1.82) is 0 Å². The number of anilines is 1. The SMILES string of the molecule is COc1cccc(N(CC(=O)NCc2cccc(CN3CCCC3)c2)S(=O)(=O)c2ccc(C)cc2)c1. The topological polar surface area (TPSA) is 79.0 Å². The average Bonchev–Trinajstić information content (AvgIpc) is 3.39. The van der Waals surface area contributed by atoms with Crippen LogP contribution in [0.1, 0.15) is 29.5 Å². The van der Waals surface area contributed by atoms with E-state index in [1.54, 1.807) is 48.5 Å². The zero-order valence-electron chi connectivity index (χ0n) is 20.8. The van der Waals surface area contributed by atoms with Gasteiger partial charge in [0.15, 0.2) is 0 Å². The molecular weight excluding hydrogens is 474 g/mol. The van der Waals surface area contributed by atoms with E-state index >= 15 is 0 Å². The Kier molecular flexibility index (Phi) is 8.28. The molecule has 4 rings (SSSR count). The van der Waals surface area contributed by atoms with Gasteiger partial charge in [-0.25, -0.2) is 8.42 Å². The van der Waals surface area contributed by atoms with Crippen molar-refractivity contribution in [2.75, 3.05) is 31.0 Å². The zero-order valence-corrected chi connectivity index (χ0v) is 21.6. The summed E-state index contributed by atoms with van der Waals surface area (Å²) < 4.78 is 33.5. The van der Waals surface area contributed by atoms with Gasteiger partial charge >= 0.3 is 0 Å². The Morgan fingerprint density at radius 2 is 1.67 bits per heavy atom. The van der Waals surface area contributed by atoms with Gasteiger partial charge in [-0.15, -0.1) is 0 Å². The summed E-state index contributed by atoms with van der Waals surface area (Å²) in [6.45, 7) is 5.01. The van der Waals surface area contributed by atoms with Crippen molar-refractivity contribution < 1.29 is 17.9 Å². The molecule has 1 heterocycles. The van der Waals surface area contributed by atoms with Crippen LogP contribution in [-0.2, 0) is 27.9 Å². The molecule has 1 saturated heterocycles. The number of carbonyl (C=O) groups is 1. The Labute approximate surface area is 213 Å². The van der Waals surface area contributed by atoms with Crippen LogP contribution in [0.4, 0.5) is 5.69 Å². The number of rotatable bonds is 10. The van der Waals surface area contributed by atoms with Crippen molar-refractivity contribution in [2.45, 2.75) is 37.8 Å². The molecule has 0 aromatic heterocycles. The van der Waals surface area contributed by atoms with Crippen molar-refractivity contribution >= 4 is 21.6 Å². The summed E-state index contributed by atoms with van der Waals surface area (Å²) >= 11 is 0. The largest absolute Gasteiger partial charge is 0.497 e. The molecule has 0 saturated carbocycles. The highest BCUT2D eigenvalue weighted by Crippen LogP contribution is 2.27. The fourth-order valence-electron chi connectivity index (χ4n) is 4.34. The number of benzene rings is 3. The predicted molar refractivity (Wildman–Crippen MR) is 142 cm³/mol. The molecule has 0 unspecified atom stereocenters. The Hall–Kier alpha value is -3.36. The summed E-state index contributed by atoms with van der Waals surface area (Å²) in [5.41, 5.74) is 3.50. The summed E-state index contributed by atoms with van der Waals surface area (Å²) in [6.07, 6.45) is 2.48. The van der Waals surface area contributed by atoms with E-state index in [4.69, 9.17) is 4.74 Å². The van der Waals surface area contributed by atoms with Gasteiger partial charge in [-0.05, 0) is 68.2 Å². The van der Waals surface area contributed by atoms with Gasteiger partial charge < -0.3 is 10.1 Å². The van der Waals surface area contributed by atoms with Crippen LogP contribution in [0.3, 0.4) is 0 Å². The molecule has 1 fully saturated rings. The molecular formula is C28H33N3O4S. The van der Waals surface area contributed by atoms with Crippen molar-refractivity contribution in [1.82, 2.24) is 10.2 Å². The maximum absolute atomic E-state index is 13.6. The monoisotopic (exact) mass is 507 g/mol. The van der Waals surface area contributed by atoms with E-state index in [1.807, 2.05) is 19.1 Å². The van der Waals surface area contributed by atoms with Crippen LogP contribution >= 0.6 is 0 Å². The number of ether oxygens (including phenoxy) is 1. The van der Waals surface area contributed by atoms with Crippen LogP contribution in [0.5, 0.6) is 5.75 Å². The number of methoxy groups -OCH3 is 1. The van der Waals surface area contributed by atoms with Gasteiger partial charge in [0.05, 0.1) is 17.7 Å². The lowest BCUT2D eigenvalue weighted by Gasteiger charge is -2.24. The van der Waals surface area contributed by atoms with E-state index in [1.165, 1.54) is 25.5 Å². The van der Waals surface area contributed by atoms with Gasteiger partial charge in [0, 0.05) is 19.2 Å². The minimum Gasteiger partial charge on any atom is -0.497 e. The minimum absolute atomic E-state index is 0.123. The number of nitrogens with zero attached hydrogens (tertiary/aromatic N) is 2. The number of hydrogen-bond donors (Lipinski definition) is 1. The number of nitrogens with one attached hydrogen (secondary N) is 1. The number of sulfonamides is 1. The molecule has 0 bridgehead atoms. The maximum Gasteiger partial charge on any atom is 0.264 e. The van der Waals surface area contributed by atoms with E-state index in [-0.39, 0.29) is 11.4 Å². The first-order chi connectivity index (χ1) is 17.3. The second kappa shape index (κ2) is 11.6. The second-order valence-corrected chi connectivity index (χ2v) is 11.0. The van der Waals surface area contributed by atoms with Crippen molar-refractivity contribution in [2.24, 2.45) is 0 Å². The Bertz CT molecular complexity index is 1290. The van der Waals surface area contributed by atoms with Crippen LogP contribution in [-0.4, -0.2) is 46.0 Å². The third-order valence-electron chi connectivity index (χ3n) is 6.32. The van der Waals surface area contributed by atoms with E-state index in [0.717, 1.165) is 35.1 Å². The van der Waals surface area contributed by atoms with Crippen LogP contribution < -0.4 is 14.4 Å². The lowest BCUT2D eigenvalue weighted by molar-refractivity contribution is -0.119. The standard InChI is InChI=1S/C28H33N3O4S/c1-22-11-13-27(14-12-22)36(33,34)31(25-9-6-10-26(18-25)35-2)21-28(32)29-19-23-7-5-8-24(17-23)20-30-15-3-4-16-30/h5-14,17-18H,3-4,15-16,19-21H2,1-2H3,(H,29,32). The Morgan fingerprint density at radius 3 is 2.39 bits per heavy atom. The number of amides is 1. The van der Waals surface area contributed by atoms with Crippen LogP contribution in [0.2, 0.25) is 0 Å². The highest BCUT2D eigenvalue weighted by molar-refractivity contribution is 7.92. The highest BCUT2D eigenvalue weighted by Gasteiger charge is 2.27. The molecule has 1 aliphatic heterocycles. The quantitative estimate of drug-likeness (QED) is 0.447. The number of hydrogen-bond acceptors (Lipinski definition) is 5. The van der Waals surface area contributed by atoms with E-state index in [9.17, 15) is 13.2 Å². The highest BCUT2D eigenvalue weighted by atomic mass is 32.2. The molecule has 1 amide bonds. The molecule has 0 spiro atoms.